The summed E-state index contributed by atoms with van der Waals surface area (Å²) in [5, 5.41) is 8.37. The number of rotatable bonds is 6. The smallest absolute Gasteiger partial charge is 0.339 e. The van der Waals surface area contributed by atoms with Crippen LogP contribution < -0.4 is 4.72 Å². The summed E-state index contributed by atoms with van der Waals surface area (Å²) in [7, 11) is -3.73. The Kier molecular flexibility index (Phi) is 5.49. The van der Waals surface area contributed by atoms with Crippen LogP contribution in [0.5, 0.6) is 0 Å². The molecule has 1 atom stereocenters. The lowest BCUT2D eigenvalue weighted by molar-refractivity contribution is 0.0554. The van der Waals surface area contributed by atoms with E-state index in [0.29, 0.717) is 6.61 Å². The van der Waals surface area contributed by atoms with Gasteiger partial charge in [0.2, 0.25) is 10.0 Å². The predicted octanol–water partition coefficient (Wildman–Crippen LogP) is 0.824. The van der Waals surface area contributed by atoms with Gasteiger partial charge in [0.1, 0.15) is 6.07 Å². The van der Waals surface area contributed by atoms with Gasteiger partial charge in [-0.2, -0.15) is 5.26 Å². The van der Waals surface area contributed by atoms with Gasteiger partial charge in [0.15, 0.2) is 6.61 Å². The van der Waals surface area contributed by atoms with Crippen LogP contribution in [0.25, 0.3) is 0 Å². The minimum absolute atomic E-state index is 0.0306. The molecule has 1 N–H and O–H groups in total. The number of nitrogens with zero attached hydrogens (tertiary/aromatic N) is 1. The molecule has 0 unspecified atom stereocenters. The Labute approximate surface area is 128 Å². The average molecular weight is 324 g/mol. The molecule has 1 heterocycles. The summed E-state index contributed by atoms with van der Waals surface area (Å²) in [6.45, 7) is 0.463. The van der Waals surface area contributed by atoms with Crippen molar-refractivity contribution in [3.8, 4) is 6.07 Å². The van der Waals surface area contributed by atoms with Crippen molar-refractivity contribution in [2.24, 2.45) is 0 Å². The lowest BCUT2D eigenvalue weighted by Crippen LogP contribution is -2.31. The summed E-state index contributed by atoms with van der Waals surface area (Å²) < 4.78 is 36.9. The second kappa shape index (κ2) is 7.35. The molecule has 1 aliphatic heterocycles. The van der Waals surface area contributed by atoms with Gasteiger partial charge in [-0.15, -0.1) is 0 Å². The predicted molar refractivity (Wildman–Crippen MR) is 76.5 cm³/mol. The molecule has 0 aromatic heterocycles. The molecule has 1 fully saturated rings. The van der Waals surface area contributed by atoms with Crippen molar-refractivity contribution in [2.45, 2.75) is 23.8 Å². The van der Waals surface area contributed by atoms with E-state index < -0.39 is 16.0 Å². The molecule has 1 aromatic carbocycles. The summed E-state index contributed by atoms with van der Waals surface area (Å²) in [5.41, 5.74) is 0.0789. The van der Waals surface area contributed by atoms with Crippen molar-refractivity contribution < 1.29 is 22.7 Å². The highest BCUT2D eigenvalue weighted by molar-refractivity contribution is 7.89. The number of sulfonamides is 1. The van der Waals surface area contributed by atoms with E-state index in [1.165, 1.54) is 24.3 Å². The number of esters is 1. The average Bonchev–Trinajstić information content (AvgIpc) is 3.04. The van der Waals surface area contributed by atoms with Crippen LogP contribution in [0, 0.1) is 11.3 Å². The molecule has 0 saturated carbocycles. The fraction of sp³-hybridized carbons (Fsp3) is 0.429. The third-order valence-corrected chi connectivity index (χ3v) is 4.59. The number of hydrogen-bond donors (Lipinski definition) is 1. The zero-order valence-electron chi connectivity index (χ0n) is 11.8. The van der Waals surface area contributed by atoms with Crippen LogP contribution in [0.15, 0.2) is 29.2 Å². The molecule has 0 bridgehead atoms. The first kappa shape index (κ1) is 16.4. The van der Waals surface area contributed by atoms with Gasteiger partial charge in [0.25, 0.3) is 0 Å². The highest BCUT2D eigenvalue weighted by atomic mass is 32.2. The van der Waals surface area contributed by atoms with Crippen molar-refractivity contribution in [3.63, 3.8) is 0 Å². The summed E-state index contributed by atoms with van der Waals surface area (Å²) in [6, 6.07) is 7.16. The maximum absolute atomic E-state index is 12.2. The van der Waals surface area contributed by atoms with Gasteiger partial charge in [-0.05, 0) is 31.0 Å². The van der Waals surface area contributed by atoms with Crippen LogP contribution in [0.3, 0.4) is 0 Å². The van der Waals surface area contributed by atoms with Crippen LogP contribution in [0.1, 0.15) is 23.2 Å². The zero-order chi connectivity index (χ0) is 16.0. The monoisotopic (exact) mass is 324 g/mol. The number of carbonyl (C=O) groups is 1. The third-order valence-electron chi connectivity index (χ3n) is 3.17. The Morgan fingerprint density at radius 1 is 1.50 bits per heavy atom. The highest BCUT2D eigenvalue weighted by Crippen LogP contribution is 2.15. The van der Waals surface area contributed by atoms with Gasteiger partial charge in [-0.1, -0.05) is 6.07 Å². The van der Waals surface area contributed by atoms with Crippen LogP contribution in [0.2, 0.25) is 0 Å². The number of nitrogens with one attached hydrogen (secondary N) is 1. The highest BCUT2D eigenvalue weighted by Gasteiger charge is 2.21. The fourth-order valence-electron chi connectivity index (χ4n) is 2.06. The molecule has 1 aromatic rings. The fourth-order valence-corrected chi connectivity index (χ4v) is 3.17. The first-order chi connectivity index (χ1) is 10.5. The molecule has 0 radical (unpaired) electrons. The summed E-state index contributed by atoms with van der Waals surface area (Å²) in [6.07, 6.45) is 1.63. The molecule has 0 amide bonds. The van der Waals surface area contributed by atoms with E-state index in [0.717, 1.165) is 12.8 Å². The van der Waals surface area contributed by atoms with Gasteiger partial charge >= 0.3 is 5.97 Å². The Hall–Kier alpha value is -1.95. The quantitative estimate of drug-likeness (QED) is 0.777. The normalized spacial score (nSPS) is 17.9. The lowest BCUT2D eigenvalue weighted by atomic mass is 10.2. The molecule has 8 heteroatoms. The second-order valence-electron chi connectivity index (χ2n) is 4.75. The minimum atomic E-state index is -3.73. The first-order valence-electron chi connectivity index (χ1n) is 6.78. The van der Waals surface area contributed by atoms with Crippen molar-refractivity contribution in [1.29, 1.82) is 5.26 Å². The van der Waals surface area contributed by atoms with E-state index in [9.17, 15) is 13.2 Å². The van der Waals surface area contributed by atoms with Crippen molar-refractivity contribution in [2.75, 3.05) is 19.8 Å². The van der Waals surface area contributed by atoms with E-state index in [2.05, 4.69) is 9.46 Å². The zero-order valence-corrected chi connectivity index (χ0v) is 12.6. The molecular formula is C14H16N2O5S. The number of hydrogen-bond acceptors (Lipinski definition) is 6. The maximum atomic E-state index is 12.2. The lowest BCUT2D eigenvalue weighted by Gasteiger charge is -2.11. The topological polar surface area (TPSA) is 105 Å². The molecule has 118 valence electrons. The number of nitriles is 1. The molecule has 1 saturated heterocycles. The first-order valence-corrected chi connectivity index (χ1v) is 8.26. The van der Waals surface area contributed by atoms with Gasteiger partial charge in [-0.3, -0.25) is 0 Å². The molecule has 1 aliphatic rings. The van der Waals surface area contributed by atoms with Gasteiger partial charge in [-0.25, -0.2) is 17.9 Å². The van der Waals surface area contributed by atoms with Crippen LogP contribution in [-0.2, 0) is 19.5 Å². The third kappa shape index (κ3) is 4.27. The Morgan fingerprint density at radius 3 is 3.00 bits per heavy atom. The van der Waals surface area contributed by atoms with Gasteiger partial charge in [0, 0.05) is 13.2 Å². The SMILES string of the molecule is N#CCOC(=O)c1cccc(S(=O)(=O)NC[C@H]2CCCO2)c1. The Morgan fingerprint density at radius 2 is 2.32 bits per heavy atom. The van der Waals surface area contributed by atoms with E-state index in [1.54, 1.807) is 6.07 Å². The summed E-state index contributed by atoms with van der Waals surface area (Å²) in [4.78, 5) is 11.6. The Bertz CT molecular complexity index is 675. The minimum Gasteiger partial charge on any atom is -0.447 e. The maximum Gasteiger partial charge on any atom is 0.339 e. The molecule has 0 aliphatic carbocycles. The number of benzene rings is 1. The van der Waals surface area contributed by atoms with Crippen LogP contribution in [0.4, 0.5) is 0 Å². The van der Waals surface area contributed by atoms with Crippen molar-refractivity contribution in [3.05, 3.63) is 29.8 Å². The van der Waals surface area contributed by atoms with E-state index in [1.807, 2.05) is 0 Å². The number of ether oxygens (including phenoxy) is 2. The number of carbonyl (C=O) groups excluding carboxylic acids is 1. The molecule has 0 spiro atoms. The van der Waals surface area contributed by atoms with Gasteiger partial charge < -0.3 is 9.47 Å². The molecule has 2 rings (SSSR count). The van der Waals surface area contributed by atoms with Crippen LogP contribution in [-0.4, -0.2) is 40.2 Å². The Balaban J connectivity index is 2.06. The van der Waals surface area contributed by atoms with Crippen LogP contribution >= 0.6 is 0 Å². The van der Waals surface area contributed by atoms with Gasteiger partial charge in [0.05, 0.1) is 16.6 Å². The summed E-state index contributed by atoms with van der Waals surface area (Å²) in [5.74, 6) is -0.738. The molecule has 7 nitrogen and oxygen atoms in total. The van der Waals surface area contributed by atoms with E-state index in [4.69, 9.17) is 10.00 Å². The molecular weight excluding hydrogens is 308 g/mol. The van der Waals surface area contributed by atoms with Crippen molar-refractivity contribution in [1.82, 2.24) is 4.72 Å². The largest absolute Gasteiger partial charge is 0.447 e. The standard InChI is InChI=1S/C14H16N2O5S/c15-6-8-21-14(17)11-3-1-5-13(9-11)22(18,19)16-10-12-4-2-7-20-12/h1,3,5,9,12,16H,2,4,7-8,10H2/t12-/m1/s1. The van der Waals surface area contributed by atoms with E-state index >= 15 is 0 Å². The second-order valence-corrected chi connectivity index (χ2v) is 6.52. The van der Waals surface area contributed by atoms with Crippen molar-refractivity contribution >= 4 is 16.0 Å². The van der Waals surface area contributed by atoms with E-state index in [-0.39, 0.29) is 29.7 Å². The molecule has 22 heavy (non-hydrogen) atoms. The summed E-state index contributed by atoms with van der Waals surface area (Å²) >= 11 is 0.